The lowest BCUT2D eigenvalue weighted by molar-refractivity contribution is 0.0870. The fraction of sp³-hybridized carbons (Fsp3) is 0.353. The Bertz CT molecular complexity index is 517. The van der Waals surface area contributed by atoms with Gasteiger partial charge in [-0.1, -0.05) is 31.2 Å². The smallest absolute Gasteiger partial charge is 0.126 e. The Morgan fingerprint density at radius 1 is 1.00 bits per heavy atom. The first-order valence-corrected chi connectivity index (χ1v) is 7.34. The number of rotatable bonds is 9. The highest BCUT2D eigenvalue weighted by molar-refractivity contribution is 5.34. The molecule has 1 aromatic heterocycles. The Balaban J connectivity index is 1.66. The second-order valence-electron chi connectivity index (χ2n) is 4.66. The summed E-state index contributed by atoms with van der Waals surface area (Å²) in [6.45, 7) is 4.65. The molecule has 0 unspecified atom stereocenters. The van der Waals surface area contributed by atoms with E-state index in [2.05, 4.69) is 17.2 Å². The first-order valence-electron chi connectivity index (χ1n) is 7.34. The van der Waals surface area contributed by atoms with Gasteiger partial charge in [-0.05, 0) is 30.7 Å². The van der Waals surface area contributed by atoms with E-state index in [0.29, 0.717) is 19.8 Å². The van der Waals surface area contributed by atoms with Crippen molar-refractivity contribution in [3.05, 3.63) is 54.2 Å². The van der Waals surface area contributed by atoms with Gasteiger partial charge in [-0.3, -0.25) is 0 Å². The van der Waals surface area contributed by atoms with E-state index in [9.17, 15) is 0 Å². The van der Waals surface area contributed by atoms with Gasteiger partial charge in [-0.25, -0.2) is 4.98 Å². The molecule has 112 valence electrons. The van der Waals surface area contributed by atoms with Crippen LogP contribution in [0, 0.1) is 0 Å². The minimum atomic E-state index is 0.500. The van der Waals surface area contributed by atoms with Crippen molar-refractivity contribution < 1.29 is 9.47 Å². The molecule has 1 aromatic carbocycles. The number of hydrogen-bond acceptors (Lipinski definition) is 4. The van der Waals surface area contributed by atoms with Gasteiger partial charge in [0.1, 0.15) is 18.2 Å². The SMILES string of the molecule is CCCNc1cccc(COCCOc2ccccc2)n1. The molecule has 0 spiro atoms. The minimum absolute atomic E-state index is 0.500. The van der Waals surface area contributed by atoms with Crippen molar-refractivity contribution in [1.29, 1.82) is 0 Å². The summed E-state index contributed by atoms with van der Waals surface area (Å²) in [6.07, 6.45) is 1.08. The number of pyridine rings is 1. The zero-order chi connectivity index (χ0) is 14.8. The van der Waals surface area contributed by atoms with Gasteiger partial charge in [-0.2, -0.15) is 0 Å². The Kier molecular flexibility index (Phi) is 6.55. The zero-order valence-corrected chi connectivity index (χ0v) is 12.4. The molecule has 2 aromatic rings. The number of aromatic nitrogens is 1. The second kappa shape index (κ2) is 8.97. The van der Waals surface area contributed by atoms with Crippen LogP contribution in [0.3, 0.4) is 0 Å². The number of nitrogens with one attached hydrogen (secondary N) is 1. The van der Waals surface area contributed by atoms with Crippen LogP contribution in [0.25, 0.3) is 0 Å². The van der Waals surface area contributed by atoms with Gasteiger partial charge in [0.2, 0.25) is 0 Å². The number of anilines is 1. The lowest BCUT2D eigenvalue weighted by atomic mass is 10.3. The molecular formula is C17H22N2O2. The summed E-state index contributed by atoms with van der Waals surface area (Å²) >= 11 is 0. The first kappa shape index (κ1) is 15.3. The van der Waals surface area contributed by atoms with E-state index in [4.69, 9.17) is 9.47 Å². The molecule has 0 amide bonds. The highest BCUT2D eigenvalue weighted by Crippen LogP contribution is 2.08. The summed E-state index contributed by atoms with van der Waals surface area (Å²) in [4.78, 5) is 4.49. The lowest BCUT2D eigenvalue weighted by Crippen LogP contribution is -2.08. The number of nitrogens with zero attached hydrogens (tertiary/aromatic N) is 1. The standard InChI is InChI=1S/C17H22N2O2/c1-2-11-18-17-10-6-7-15(19-17)14-20-12-13-21-16-8-4-3-5-9-16/h3-10H,2,11-14H2,1H3,(H,18,19). The number of benzene rings is 1. The third-order valence-corrected chi connectivity index (χ3v) is 2.85. The van der Waals surface area contributed by atoms with Gasteiger partial charge >= 0.3 is 0 Å². The second-order valence-corrected chi connectivity index (χ2v) is 4.66. The monoisotopic (exact) mass is 286 g/mol. The molecule has 0 radical (unpaired) electrons. The maximum atomic E-state index is 5.59. The van der Waals surface area contributed by atoms with Crippen molar-refractivity contribution in [1.82, 2.24) is 4.98 Å². The number of para-hydroxylation sites is 1. The molecule has 1 heterocycles. The third kappa shape index (κ3) is 5.83. The van der Waals surface area contributed by atoms with Crippen LogP contribution in [0.1, 0.15) is 19.0 Å². The Hall–Kier alpha value is -2.07. The van der Waals surface area contributed by atoms with Crippen LogP contribution in [-0.2, 0) is 11.3 Å². The fourth-order valence-electron chi connectivity index (χ4n) is 1.82. The first-order chi connectivity index (χ1) is 10.4. The number of ether oxygens (including phenoxy) is 2. The molecule has 1 N–H and O–H groups in total. The predicted molar refractivity (Wildman–Crippen MR) is 84.6 cm³/mol. The van der Waals surface area contributed by atoms with E-state index >= 15 is 0 Å². The van der Waals surface area contributed by atoms with Crippen LogP contribution in [0.5, 0.6) is 5.75 Å². The van der Waals surface area contributed by atoms with E-state index < -0.39 is 0 Å². The van der Waals surface area contributed by atoms with Crippen molar-refractivity contribution >= 4 is 5.82 Å². The van der Waals surface area contributed by atoms with Crippen LogP contribution < -0.4 is 10.1 Å². The Morgan fingerprint density at radius 2 is 1.86 bits per heavy atom. The van der Waals surface area contributed by atoms with Crippen LogP contribution >= 0.6 is 0 Å². The van der Waals surface area contributed by atoms with Crippen LogP contribution in [-0.4, -0.2) is 24.7 Å². The van der Waals surface area contributed by atoms with E-state index in [1.807, 2.05) is 48.5 Å². The fourth-order valence-corrected chi connectivity index (χ4v) is 1.82. The molecule has 0 aliphatic heterocycles. The van der Waals surface area contributed by atoms with Gasteiger partial charge in [0.05, 0.1) is 18.9 Å². The molecule has 4 nitrogen and oxygen atoms in total. The summed E-state index contributed by atoms with van der Waals surface area (Å²) in [6, 6.07) is 15.7. The van der Waals surface area contributed by atoms with Crippen molar-refractivity contribution in [2.75, 3.05) is 25.1 Å². The van der Waals surface area contributed by atoms with E-state index in [0.717, 1.165) is 30.2 Å². The Labute approximate surface area is 126 Å². The van der Waals surface area contributed by atoms with E-state index in [1.165, 1.54) is 0 Å². The molecular weight excluding hydrogens is 264 g/mol. The van der Waals surface area contributed by atoms with E-state index in [1.54, 1.807) is 0 Å². The summed E-state index contributed by atoms with van der Waals surface area (Å²) in [5.41, 5.74) is 0.927. The molecule has 0 saturated carbocycles. The summed E-state index contributed by atoms with van der Waals surface area (Å²) in [7, 11) is 0. The molecule has 21 heavy (non-hydrogen) atoms. The molecule has 0 atom stereocenters. The van der Waals surface area contributed by atoms with Gasteiger partial charge in [0, 0.05) is 6.54 Å². The van der Waals surface area contributed by atoms with Gasteiger partial charge in [0.25, 0.3) is 0 Å². The van der Waals surface area contributed by atoms with Crippen molar-refractivity contribution in [3.8, 4) is 5.75 Å². The minimum Gasteiger partial charge on any atom is -0.491 e. The van der Waals surface area contributed by atoms with Crippen molar-refractivity contribution in [2.24, 2.45) is 0 Å². The third-order valence-electron chi connectivity index (χ3n) is 2.85. The maximum absolute atomic E-state index is 5.59. The average Bonchev–Trinajstić information content (AvgIpc) is 2.54. The van der Waals surface area contributed by atoms with Crippen LogP contribution in [0.15, 0.2) is 48.5 Å². The average molecular weight is 286 g/mol. The van der Waals surface area contributed by atoms with Crippen molar-refractivity contribution in [2.45, 2.75) is 20.0 Å². The highest BCUT2D eigenvalue weighted by Gasteiger charge is 1.98. The van der Waals surface area contributed by atoms with Crippen LogP contribution in [0.2, 0.25) is 0 Å². The highest BCUT2D eigenvalue weighted by atomic mass is 16.5. The molecule has 2 rings (SSSR count). The summed E-state index contributed by atoms with van der Waals surface area (Å²) < 4.78 is 11.1. The summed E-state index contributed by atoms with van der Waals surface area (Å²) in [5, 5.41) is 3.27. The van der Waals surface area contributed by atoms with Crippen molar-refractivity contribution in [3.63, 3.8) is 0 Å². The molecule has 0 aliphatic rings. The normalized spacial score (nSPS) is 10.3. The molecule has 0 bridgehead atoms. The molecule has 0 saturated heterocycles. The Morgan fingerprint density at radius 3 is 2.67 bits per heavy atom. The topological polar surface area (TPSA) is 43.4 Å². The zero-order valence-electron chi connectivity index (χ0n) is 12.4. The summed E-state index contributed by atoms with van der Waals surface area (Å²) in [5.74, 6) is 1.77. The van der Waals surface area contributed by atoms with E-state index in [-0.39, 0.29) is 0 Å². The quantitative estimate of drug-likeness (QED) is 0.717. The van der Waals surface area contributed by atoms with Gasteiger partial charge in [-0.15, -0.1) is 0 Å². The molecule has 0 fully saturated rings. The largest absolute Gasteiger partial charge is 0.491 e. The number of hydrogen-bond donors (Lipinski definition) is 1. The maximum Gasteiger partial charge on any atom is 0.126 e. The predicted octanol–water partition coefficient (Wildman–Crippen LogP) is 3.50. The van der Waals surface area contributed by atoms with Gasteiger partial charge in [0.15, 0.2) is 0 Å². The molecule has 4 heteroatoms. The van der Waals surface area contributed by atoms with Crippen LogP contribution in [0.4, 0.5) is 5.82 Å². The lowest BCUT2D eigenvalue weighted by Gasteiger charge is -2.08. The molecule has 0 aliphatic carbocycles. The van der Waals surface area contributed by atoms with Gasteiger partial charge < -0.3 is 14.8 Å².